The van der Waals surface area contributed by atoms with Gasteiger partial charge in [-0.3, -0.25) is 0 Å². The molecule has 0 amide bonds. The number of nitrogens with one attached hydrogen (secondary N) is 1. The minimum atomic E-state index is 0.517. The molecule has 1 fully saturated rings. The van der Waals surface area contributed by atoms with Crippen LogP contribution in [0.1, 0.15) is 38.9 Å². The van der Waals surface area contributed by atoms with Crippen molar-refractivity contribution in [2.75, 3.05) is 31.5 Å². The Labute approximate surface area is 126 Å². The maximum atomic E-state index is 6.00. The van der Waals surface area contributed by atoms with Crippen LogP contribution < -0.4 is 5.32 Å². The summed E-state index contributed by atoms with van der Waals surface area (Å²) in [5.74, 6) is 2.24. The molecule has 1 aliphatic rings. The summed E-state index contributed by atoms with van der Waals surface area (Å²) in [4.78, 5) is 11.2. The van der Waals surface area contributed by atoms with Gasteiger partial charge < -0.3 is 10.2 Å². The lowest BCUT2D eigenvalue weighted by molar-refractivity contribution is 0.204. The zero-order valence-corrected chi connectivity index (χ0v) is 13.3. The van der Waals surface area contributed by atoms with Gasteiger partial charge in [-0.15, -0.1) is 0 Å². The zero-order chi connectivity index (χ0) is 14.4. The van der Waals surface area contributed by atoms with Crippen LogP contribution in [0.4, 0.5) is 5.82 Å². The van der Waals surface area contributed by atoms with E-state index in [1.807, 2.05) is 6.92 Å². The van der Waals surface area contributed by atoms with E-state index in [4.69, 9.17) is 11.6 Å². The third kappa shape index (κ3) is 4.91. The highest BCUT2D eigenvalue weighted by molar-refractivity contribution is 6.29. The van der Waals surface area contributed by atoms with E-state index in [1.165, 1.54) is 32.4 Å². The third-order valence-corrected chi connectivity index (χ3v) is 3.90. The number of nitrogens with zero attached hydrogens (tertiary/aromatic N) is 3. The second-order valence-electron chi connectivity index (χ2n) is 5.69. The summed E-state index contributed by atoms with van der Waals surface area (Å²) in [6, 6.07) is 1.80. The average Bonchev–Trinajstić information content (AvgIpc) is 2.45. The number of aryl methyl sites for hydroxylation is 1. The lowest BCUT2D eigenvalue weighted by atomic mass is 10.1. The molecule has 1 aromatic rings. The molecular weight excluding hydrogens is 272 g/mol. The van der Waals surface area contributed by atoms with Crippen molar-refractivity contribution in [1.29, 1.82) is 0 Å². The molecule has 1 N–H and O–H groups in total. The molecule has 112 valence electrons. The quantitative estimate of drug-likeness (QED) is 0.818. The largest absolute Gasteiger partial charge is 0.370 e. The molecule has 4 nitrogen and oxygen atoms in total. The van der Waals surface area contributed by atoms with Crippen LogP contribution in [-0.4, -0.2) is 41.0 Å². The van der Waals surface area contributed by atoms with Crippen LogP contribution in [0.25, 0.3) is 0 Å². The Balaban J connectivity index is 1.80. The lowest BCUT2D eigenvalue weighted by Crippen LogP contribution is -2.35. The van der Waals surface area contributed by atoms with E-state index < -0.39 is 0 Å². The molecule has 5 heteroatoms. The minimum absolute atomic E-state index is 0.517. The topological polar surface area (TPSA) is 41.1 Å². The highest BCUT2D eigenvalue weighted by Gasteiger charge is 2.13. The van der Waals surface area contributed by atoms with E-state index in [1.54, 1.807) is 6.07 Å². The summed E-state index contributed by atoms with van der Waals surface area (Å²) < 4.78 is 0. The van der Waals surface area contributed by atoms with Crippen molar-refractivity contribution >= 4 is 17.4 Å². The normalized spacial score (nSPS) is 17.9. The van der Waals surface area contributed by atoms with Gasteiger partial charge in [-0.25, -0.2) is 9.97 Å². The Bertz CT molecular complexity index is 418. The number of halogens is 1. The van der Waals surface area contributed by atoms with Gasteiger partial charge in [0.1, 0.15) is 16.8 Å². The maximum absolute atomic E-state index is 6.00. The third-order valence-electron chi connectivity index (χ3n) is 3.71. The van der Waals surface area contributed by atoms with Gasteiger partial charge in [-0.1, -0.05) is 31.9 Å². The fraction of sp³-hybridized carbons (Fsp3) is 0.733. The molecule has 0 aromatic carbocycles. The first-order valence-electron chi connectivity index (χ1n) is 7.67. The number of hydrogen-bond donors (Lipinski definition) is 1. The molecule has 1 unspecified atom stereocenters. The van der Waals surface area contributed by atoms with Gasteiger partial charge in [0.05, 0.1) is 0 Å². The molecule has 0 radical (unpaired) electrons. The Hall–Kier alpha value is -0.870. The van der Waals surface area contributed by atoms with Crippen LogP contribution in [0.5, 0.6) is 0 Å². The van der Waals surface area contributed by atoms with E-state index in [-0.39, 0.29) is 0 Å². The van der Waals surface area contributed by atoms with Crippen molar-refractivity contribution in [3.05, 3.63) is 17.0 Å². The maximum Gasteiger partial charge on any atom is 0.134 e. The van der Waals surface area contributed by atoms with Crippen LogP contribution in [0, 0.1) is 5.92 Å². The molecule has 0 saturated carbocycles. The molecule has 2 heterocycles. The van der Waals surface area contributed by atoms with Crippen LogP contribution in [0.2, 0.25) is 5.15 Å². The van der Waals surface area contributed by atoms with Gasteiger partial charge in [0, 0.05) is 25.6 Å². The summed E-state index contributed by atoms with van der Waals surface area (Å²) in [5.41, 5.74) is 0. The second kappa shape index (κ2) is 7.79. The molecule has 2 rings (SSSR count). The molecule has 1 saturated heterocycles. The smallest absolute Gasteiger partial charge is 0.134 e. The van der Waals surface area contributed by atoms with Crippen LogP contribution >= 0.6 is 11.6 Å². The summed E-state index contributed by atoms with van der Waals surface area (Å²) >= 11 is 6.00. The van der Waals surface area contributed by atoms with Gasteiger partial charge in [0.25, 0.3) is 0 Å². The second-order valence-corrected chi connectivity index (χ2v) is 6.08. The van der Waals surface area contributed by atoms with Crippen LogP contribution in [-0.2, 0) is 6.42 Å². The highest BCUT2D eigenvalue weighted by Crippen LogP contribution is 2.14. The van der Waals surface area contributed by atoms with E-state index >= 15 is 0 Å². The Morgan fingerprint density at radius 1 is 1.30 bits per heavy atom. The van der Waals surface area contributed by atoms with Crippen molar-refractivity contribution < 1.29 is 0 Å². The summed E-state index contributed by atoms with van der Waals surface area (Å²) in [6.45, 7) is 8.91. The monoisotopic (exact) mass is 296 g/mol. The first kappa shape index (κ1) is 15.5. The van der Waals surface area contributed by atoms with E-state index in [9.17, 15) is 0 Å². The first-order chi connectivity index (χ1) is 9.67. The molecule has 0 bridgehead atoms. The average molecular weight is 297 g/mol. The minimum Gasteiger partial charge on any atom is -0.370 e. The predicted octanol–water partition coefficient (Wildman–Crippen LogP) is 3.23. The molecule has 0 spiro atoms. The Kier molecular flexibility index (Phi) is 6.05. The van der Waals surface area contributed by atoms with Gasteiger partial charge in [-0.2, -0.15) is 0 Å². The summed E-state index contributed by atoms with van der Waals surface area (Å²) in [7, 11) is 0. The number of hydrogen-bond acceptors (Lipinski definition) is 4. The number of rotatable bonds is 6. The Morgan fingerprint density at radius 2 is 2.05 bits per heavy atom. The zero-order valence-electron chi connectivity index (χ0n) is 12.5. The van der Waals surface area contributed by atoms with Crippen molar-refractivity contribution in [3.63, 3.8) is 0 Å². The predicted molar refractivity (Wildman–Crippen MR) is 84.4 cm³/mol. The lowest BCUT2D eigenvalue weighted by Gasteiger charge is -2.29. The number of likely N-dealkylation sites (tertiary alicyclic amines) is 1. The number of piperidine rings is 1. The molecule has 1 atom stereocenters. The number of anilines is 1. The molecular formula is C15H25ClN4. The highest BCUT2D eigenvalue weighted by atomic mass is 35.5. The summed E-state index contributed by atoms with van der Waals surface area (Å²) in [5, 5.41) is 3.90. The van der Waals surface area contributed by atoms with E-state index in [0.717, 1.165) is 31.2 Å². The molecule has 1 aromatic heterocycles. The van der Waals surface area contributed by atoms with Crippen molar-refractivity contribution in [3.8, 4) is 0 Å². The summed E-state index contributed by atoms with van der Waals surface area (Å²) in [6.07, 6.45) is 4.89. The van der Waals surface area contributed by atoms with Gasteiger partial charge >= 0.3 is 0 Å². The Morgan fingerprint density at radius 3 is 2.75 bits per heavy atom. The van der Waals surface area contributed by atoms with Gasteiger partial charge in [-0.05, 0) is 31.8 Å². The van der Waals surface area contributed by atoms with E-state index in [0.29, 0.717) is 11.1 Å². The SMILES string of the molecule is CCc1nc(Cl)cc(NCC(C)CN2CCCCC2)n1. The standard InChI is InChI=1S/C15H25ClN4/c1-3-14-18-13(16)9-15(19-14)17-10-12(2)11-20-7-5-4-6-8-20/h9,12H,3-8,10-11H2,1-2H3,(H,17,18,19). The van der Waals surface area contributed by atoms with Gasteiger partial charge in [0.2, 0.25) is 0 Å². The fourth-order valence-electron chi connectivity index (χ4n) is 2.64. The molecule has 0 aliphatic carbocycles. The van der Waals surface area contributed by atoms with E-state index in [2.05, 4.69) is 27.1 Å². The first-order valence-corrected chi connectivity index (χ1v) is 8.05. The van der Waals surface area contributed by atoms with Crippen molar-refractivity contribution in [2.45, 2.75) is 39.5 Å². The van der Waals surface area contributed by atoms with Crippen molar-refractivity contribution in [1.82, 2.24) is 14.9 Å². The van der Waals surface area contributed by atoms with Gasteiger partial charge in [0.15, 0.2) is 0 Å². The fourth-order valence-corrected chi connectivity index (χ4v) is 2.84. The molecule has 20 heavy (non-hydrogen) atoms. The van der Waals surface area contributed by atoms with Crippen LogP contribution in [0.15, 0.2) is 6.07 Å². The number of aromatic nitrogens is 2. The van der Waals surface area contributed by atoms with Crippen LogP contribution in [0.3, 0.4) is 0 Å². The van der Waals surface area contributed by atoms with Crippen molar-refractivity contribution in [2.24, 2.45) is 5.92 Å². The molecule has 1 aliphatic heterocycles.